The van der Waals surface area contributed by atoms with Gasteiger partial charge in [0.2, 0.25) is 0 Å². The van der Waals surface area contributed by atoms with E-state index in [2.05, 4.69) is 10.1 Å². The Balaban J connectivity index is 2.31. The topological polar surface area (TPSA) is 61.8 Å². The number of nitrogens with one attached hydrogen (secondary N) is 1. The van der Waals surface area contributed by atoms with E-state index in [9.17, 15) is 9.90 Å². The maximum Gasteiger partial charge on any atom is 0.413 e. The first-order valence-electron chi connectivity index (χ1n) is 4.54. The molecular weight excluding hydrogens is 204 g/mol. The first-order chi connectivity index (χ1) is 6.63. The van der Waals surface area contributed by atoms with Crippen LogP contribution in [0.4, 0.5) is 4.79 Å². The lowest BCUT2D eigenvalue weighted by Gasteiger charge is -2.18. The molecule has 0 aliphatic carbocycles. The second-order valence-corrected chi connectivity index (χ2v) is 3.43. The number of aliphatic hydroxyl groups is 1. The monoisotopic (exact) mass is 218 g/mol. The fourth-order valence-corrected chi connectivity index (χ4v) is 1.51. The van der Waals surface area contributed by atoms with Gasteiger partial charge in [0.25, 0.3) is 0 Å². The summed E-state index contributed by atoms with van der Waals surface area (Å²) in [5.74, 6) is 0. The van der Waals surface area contributed by atoms with Crippen molar-refractivity contribution >= 4 is 23.4 Å². The van der Waals surface area contributed by atoms with E-state index in [0.717, 1.165) is 0 Å². The molecule has 0 bridgehead atoms. The maximum atomic E-state index is 11.0. The van der Waals surface area contributed by atoms with Crippen LogP contribution in [0.25, 0.3) is 0 Å². The van der Waals surface area contributed by atoms with Crippen LogP contribution in [0.3, 0.4) is 0 Å². The molecule has 0 spiro atoms. The average Bonchev–Trinajstić information content (AvgIpc) is 2.52. The standard InChI is InChI=1S/C8H14N2O3S/c1-2-13-8(12)9-7(14)10-4-3-6(11)5-10/h6,11H,2-5H2,1H3,(H,9,12,14)/t6-/m1/s1. The zero-order valence-electron chi connectivity index (χ0n) is 8.02. The van der Waals surface area contributed by atoms with Gasteiger partial charge in [-0.05, 0) is 25.6 Å². The molecule has 80 valence electrons. The minimum absolute atomic E-state index is 0.317. The predicted molar refractivity (Wildman–Crippen MR) is 55.0 cm³/mol. The van der Waals surface area contributed by atoms with Crippen LogP contribution in [-0.2, 0) is 4.74 Å². The van der Waals surface area contributed by atoms with Crippen LogP contribution in [0.15, 0.2) is 0 Å². The molecule has 0 aromatic heterocycles. The van der Waals surface area contributed by atoms with Crippen LogP contribution in [0.5, 0.6) is 0 Å². The van der Waals surface area contributed by atoms with E-state index in [1.165, 1.54) is 0 Å². The highest BCUT2D eigenvalue weighted by molar-refractivity contribution is 7.80. The second-order valence-electron chi connectivity index (χ2n) is 3.04. The molecule has 5 nitrogen and oxygen atoms in total. The SMILES string of the molecule is CCOC(=O)NC(=S)N1CC[C@@H](O)C1. The van der Waals surface area contributed by atoms with Crippen LogP contribution < -0.4 is 5.32 Å². The van der Waals surface area contributed by atoms with Crippen molar-refractivity contribution < 1.29 is 14.6 Å². The van der Waals surface area contributed by atoms with E-state index in [1.807, 2.05) is 0 Å². The molecule has 1 heterocycles. The van der Waals surface area contributed by atoms with Crippen molar-refractivity contribution in [1.82, 2.24) is 10.2 Å². The molecule has 2 N–H and O–H groups in total. The number of β-amino-alcohol motifs (C(OH)–C–C–N with tert-alkyl or cyclic N) is 1. The Morgan fingerprint density at radius 2 is 2.50 bits per heavy atom. The third-order valence-electron chi connectivity index (χ3n) is 1.94. The van der Waals surface area contributed by atoms with E-state index in [1.54, 1.807) is 11.8 Å². The van der Waals surface area contributed by atoms with Gasteiger partial charge in [0, 0.05) is 13.1 Å². The first kappa shape index (κ1) is 11.2. The lowest BCUT2D eigenvalue weighted by molar-refractivity contribution is 0.156. The van der Waals surface area contributed by atoms with E-state index >= 15 is 0 Å². The van der Waals surface area contributed by atoms with Gasteiger partial charge < -0.3 is 14.7 Å². The van der Waals surface area contributed by atoms with E-state index in [0.29, 0.717) is 31.2 Å². The maximum absolute atomic E-state index is 11.0. The molecule has 1 aliphatic rings. The van der Waals surface area contributed by atoms with Crippen LogP contribution in [0, 0.1) is 0 Å². The van der Waals surface area contributed by atoms with Crippen molar-refractivity contribution in [3.8, 4) is 0 Å². The summed E-state index contributed by atoms with van der Waals surface area (Å²) in [5.41, 5.74) is 0. The summed E-state index contributed by atoms with van der Waals surface area (Å²) in [5, 5.41) is 12.0. The fourth-order valence-electron chi connectivity index (χ4n) is 1.26. The number of hydrogen-bond donors (Lipinski definition) is 2. The molecule has 6 heteroatoms. The largest absolute Gasteiger partial charge is 0.450 e. The van der Waals surface area contributed by atoms with Gasteiger partial charge in [-0.25, -0.2) is 4.79 Å². The third kappa shape index (κ3) is 3.12. The fraction of sp³-hybridized carbons (Fsp3) is 0.750. The van der Waals surface area contributed by atoms with Crippen molar-refractivity contribution in [3.63, 3.8) is 0 Å². The van der Waals surface area contributed by atoms with Gasteiger partial charge in [-0.2, -0.15) is 0 Å². The van der Waals surface area contributed by atoms with Gasteiger partial charge in [-0.1, -0.05) is 0 Å². The lowest BCUT2D eigenvalue weighted by atomic mass is 10.3. The summed E-state index contributed by atoms with van der Waals surface area (Å²) in [6.07, 6.45) is -0.208. The Hall–Kier alpha value is -0.880. The quantitative estimate of drug-likeness (QED) is 0.610. The molecule has 1 amide bonds. The van der Waals surface area contributed by atoms with Crippen LogP contribution in [0.1, 0.15) is 13.3 Å². The van der Waals surface area contributed by atoms with Crippen molar-refractivity contribution in [2.75, 3.05) is 19.7 Å². The molecule has 1 aliphatic heterocycles. The number of carbonyl (C=O) groups excluding carboxylic acids is 1. The summed E-state index contributed by atoms with van der Waals surface area (Å²) < 4.78 is 4.67. The minimum Gasteiger partial charge on any atom is -0.450 e. The van der Waals surface area contributed by atoms with Crippen molar-refractivity contribution in [2.45, 2.75) is 19.4 Å². The summed E-state index contributed by atoms with van der Waals surface area (Å²) in [6.45, 7) is 3.19. The van der Waals surface area contributed by atoms with Crippen LogP contribution >= 0.6 is 12.2 Å². The van der Waals surface area contributed by atoms with E-state index in [-0.39, 0.29) is 6.10 Å². The van der Waals surface area contributed by atoms with Crippen LogP contribution in [0.2, 0.25) is 0 Å². The van der Waals surface area contributed by atoms with Crippen molar-refractivity contribution in [2.24, 2.45) is 0 Å². The smallest absolute Gasteiger partial charge is 0.413 e. The number of hydrogen-bond acceptors (Lipinski definition) is 4. The average molecular weight is 218 g/mol. The third-order valence-corrected chi connectivity index (χ3v) is 2.30. The van der Waals surface area contributed by atoms with E-state index < -0.39 is 6.09 Å². The van der Waals surface area contributed by atoms with Crippen molar-refractivity contribution in [1.29, 1.82) is 0 Å². The number of aliphatic hydroxyl groups excluding tert-OH is 1. The Kier molecular flexibility index (Phi) is 4.09. The van der Waals surface area contributed by atoms with Crippen LogP contribution in [-0.4, -0.2) is 47.0 Å². The van der Waals surface area contributed by atoms with Gasteiger partial charge in [0.05, 0.1) is 12.7 Å². The highest BCUT2D eigenvalue weighted by Gasteiger charge is 2.23. The van der Waals surface area contributed by atoms with Crippen molar-refractivity contribution in [3.05, 3.63) is 0 Å². The molecule has 0 aromatic carbocycles. The zero-order chi connectivity index (χ0) is 10.6. The number of thiocarbonyl (C=S) groups is 1. The normalized spacial score (nSPS) is 20.7. The predicted octanol–water partition coefficient (Wildman–Crippen LogP) is 0.0840. The zero-order valence-corrected chi connectivity index (χ0v) is 8.84. The highest BCUT2D eigenvalue weighted by Crippen LogP contribution is 2.08. The number of rotatable bonds is 1. The Morgan fingerprint density at radius 3 is 3.00 bits per heavy atom. The molecule has 0 saturated carbocycles. The van der Waals surface area contributed by atoms with E-state index in [4.69, 9.17) is 12.2 Å². The Bertz CT molecular complexity index is 235. The summed E-state index contributed by atoms with van der Waals surface area (Å²) in [6, 6.07) is 0. The number of ether oxygens (including phenoxy) is 1. The summed E-state index contributed by atoms with van der Waals surface area (Å²) in [4.78, 5) is 12.7. The van der Waals surface area contributed by atoms with Gasteiger partial charge in [-0.3, -0.25) is 5.32 Å². The molecule has 1 atom stereocenters. The molecule has 0 unspecified atom stereocenters. The molecule has 14 heavy (non-hydrogen) atoms. The number of carbonyl (C=O) groups is 1. The number of alkyl carbamates (subject to hydrolysis) is 1. The summed E-state index contributed by atoms with van der Waals surface area (Å²) >= 11 is 4.96. The summed E-state index contributed by atoms with van der Waals surface area (Å²) in [7, 11) is 0. The molecule has 0 aromatic rings. The lowest BCUT2D eigenvalue weighted by Crippen LogP contribution is -2.42. The Morgan fingerprint density at radius 1 is 1.79 bits per heavy atom. The Labute approximate surface area is 88.0 Å². The van der Waals surface area contributed by atoms with Gasteiger partial charge in [-0.15, -0.1) is 0 Å². The number of nitrogens with zero attached hydrogens (tertiary/aromatic N) is 1. The highest BCUT2D eigenvalue weighted by atomic mass is 32.1. The minimum atomic E-state index is -0.543. The van der Waals surface area contributed by atoms with Gasteiger partial charge >= 0.3 is 6.09 Å². The van der Waals surface area contributed by atoms with Gasteiger partial charge in [0.15, 0.2) is 5.11 Å². The molecule has 1 saturated heterocycles. The number of likely N-dealkylation sites (tertiary alicyclic amines) is 1. The second kappa shape index (κ2) is 5.11. The molecule has 1 fully saturated rings. The molecule has 0 radical (unpaired) electrons. The van der Waals surface area contributed by atoms with Gasteiger partial charge in [0.1, 0.15) is 0 Å². The first-order valence-corrected chi connectivity index (χ1v) is 4.95. The molecule has 1 rings (SSSR count). The molecular formula is C8H14N2O3S. The number of amides is 1.